The van der Waals surface area contributed by atoms with Crippen molar-refractivity contribution in [3.05, 3.63) is 29.6 Å². The van der Waals surface area contributed by atoms with E-state index in [0.717, 1.165) is 5.56 Å². The molecule has 1 rings (SSSR count). The summed E-state index contributed by atoms with van der Waals surface area (Å²) in [4.78, 5) is 1.97. The highest BCUT2D eigenvalue weighted by Crippen LogP contribution is 2.19. The number of ether oxygens (including phenoxy) is 1. The monoisotopic (exact) mass is 269 g/mol. The topological polar surface area (TPSA) is 71.1 Å². The number of oxime groups is 1. The number of halogens is 1. The Balaban J connectivity index is 2.82. The van der Waals surface area contributed by atoms with E-state index in [1.807, 2.05) is 18.7 Å². The van der Waals surface area contributed by atoms with Gasteiger partial charge in [-0.15, -0.1) is 0 Å². The van der Waals surface area contributed by atoms with Gasteiger partial charge in [0.1, 0.15) is 0 Å². The van der Waals surface area contributed by atoms with E-state index in [0.29, 0.717) is 13.1 Å². The molecule has 0 saturated heterocycles. The molecule has 19 heavy (non-hydrogen) atoms. The van der Waals surface area contributed by atoms with E-state index in [-0.39, 0.29) is 17.6 Å². The molecule has 0 aliphatic heterocycles. The van der Waals surface area contributed by atoms with Crippen LogP contribution in [-0.2, 0) is 6.54 Å². The fourth-order valence-electron chi connectivity index (χ4n) is 1.70. The van der Waals surface area contributed by atoms with Crippen LogP contribution in [0.4, 0.5) is 4.39 Å². The number of nitrogens with zero attached hydrogens (tertiary/aromatic N) is 2. The van der Waals surface area contributed by atoms with Crippen LogP contribution >= 0.6 is 0 Å². The smallest absolute Gasteiger partial charge is 0.165 e. The van der Waals surface area contributed by atoms with Crippen molar-refractivity contribution in [3.8, 4) is 5.75 Å². The van der Waals surface area contributed by atoms with Crippen molar-refractivity contribution >= 4 is 5.84 Å². The van der Waals surface area contributed by atoms with Crippen LogP contribution in [0, 0.1) is 5.82 Å². The van der Waals surface area contributed by atoms with Crippen LogP contribution < -0.4 is 10.5 Å². The minimum absolute atomic E-state index is 0.127. The van der Waals surface area contributed by atoms with E-state index >= 15 is 0 Å². The zero-order valence-corrected chi connectivity index (χ0v) is 11.4. The molecule has 1 aromatic rings. The van der Waals surface area contributed by atoms with Crippen molar-refractivity contribution in [1.82, 2.24) is 4.90 Å². The molecule has 0 atom stereocenters. The van der Waals surface area contributed by atoms with Crippen LogP contribution in [0.25, 0.3) is 0 Å². The van der Waals surface area contributed by atoms with Crippen molar-refractivity contribution in [2.75, 3.05) is 13.7 Å². The summed E-state index contributed by atoms with van der Waals surface area (Å²) in [5.41, 5.74) is 6.31. The summed E-state index contributed by atoms with van der Waals surface area (Å²) in [6.45, 7) is 4.81. The van der Waals surface area contributed by atoms with Gasteiger partial charge in [-0.3, -0.25) is 4.90 Å². The van der Waals surface area contributed by atoms with Gasteiger partial charge in [0, 0.05) is 12.6 Å². The molecule has 3 N–H and O–H groups in total. The fourth-order valence-corrected chi connectivity index (χ4v) is 1.70. The molecule has 0 heterocycles. The SMILES string of the molecule is COc1ccc(CN(CC(N)=NO)C(C)C)cc1F. The first-order valence-corrected chi connectivity index (χ1v) is 6.00. The summed E-state index contributed by atoms with van der Waals surface area (Å²) in [6, 6.07) is 5.00. The van der Waals surface area contributed by atoms with Gasteiger partial charge in [-0.05, 0) is 31.5 Å². The highest BCUT2D eigenvalue weighted by atomic mass is 19.1. The molecule has 5 nitrogen and oxygen atoms in total. The zero-order chi connectivity index (χ0) is 14.4. The molecular weight excluding hydrogens is 249 g/mol. The summed E-state index contributed by atoms with van der Waals surface area (Å²) in [5, 5.41) is 11.6. The van der Waals surface area contributed by atoms with Gasteiger partial charge < -0.3 is 15.7 Å². The van der Waals surface area contributed by atoms with Gasteiger partial charge in [-0.25, -0.2) is 4.39 Å². The van der Waals surface area contributed by atoms with Gasteiger partial charge in [0.05, 0.1) is 13.7 Å². The third-order valence-electron chi connectivity index (χ3n) is 2.83. The first-order valence-electron chi connectivity index (χ1n) is 6.00. The van der Waals surface area contributed by atoms with Crippen LogP contribution in [0.3, 0.4) is 0 Å². The molecule has 0 fully saturated rings. The van der Waals surface area contributed by atoms with E-state index in [1.54, 1.807) is 12.1 Å². The maximum atomic E-state index is 13.6. The average molecular weight is 269 g/mol. The zero-order valence-electron chi connectivity index (χ0n) is 11.4. The summed E-state index contributed by atoms with van der Waals surface area (Å²) in [5.74, 6) is -0.0496. The molecule has 0 aliphatic carbocycles. The van der Waals surface area contributed by atoms with E-state index in [4.69, 9.17) is 15.7 Å². The average Bonchev–Trinajstić information content (AvgIpc) is 2.37. The number of benzene rings is 1. The largest absolute Gasteiger partial charge is 0.494 e. The Morgan fingerprint density at radius 3 is 2.68 bits per heavy atom. The second-order valence-electron chi connectivity index (χ2n) is 4.56. The number of rotatable bonds is 6. The first-order chi connectivity index (χ1) is 8.97. The van der Waals surface area contributed by atoms with Crippen molar-refractivity contribution in [3.63, 3.8) is 0 Å². The summed E-state index contributed by atoms with van der Waals surface area (Å²) >= 11 is 0. The molecule has 0 spiro atoms. The molecule has 0 radical (unpaired) electrons. The van der Waals surface area contributed by atoms with E-state index in [1.165, 1.54) is 13.2 Å². The van der Waals surface area contributed by atoms with Crippen molar-refractivity contribution in [2.24, 2.45) is 10.9 Å². The van der Waals surface area contributed by atoms with Gasteiger partial charge in [0.2, 0.25) is 0 Å². The standard InChI is InChI=1S/C13H20FN3O2/c1-9(2)17(8-13(15)16-18)7-10-4-5-12(19-3)11(14)6-10/h4-6,9,18H,7-8H2,1-3H3,(H2,15,16). The van der Waals surface area contributed by atoms with Crippen LogP contribution in [0.15, 0.2) is 23.4 Å². The first kappa shape index (κ1) is 15.2. The number of hydrogen-bond donors (Lipinski definition) is 2. The molecule has 0 aromatic heterocycles. The minimum Gasteiger partial charge on any atom is -0.494 e. The Kier molecular flexibility index (Phi) is 5.57. The second-order valence-corrected chi connectivity index (χ2v) is 4.56. The van der Waals surface area contributed by atoms with Crippen molar-refractivity contribution in [2.45, 2.75) is 26.4 Å². The number of hydrogen-bond acceptors (Lipinski definition) is 4. The van der Waals surface area contributed by atoms with Gasteiger partial charge in [-0.1, -0.05) is 11.2 Å². The molecule has 0 unspecified atom stereocenters. The lowest BCUT2D eigenvalue weighted by atomic mass is 10.1. The highest BCUT2D eigenvalue weighted by Gasteiger charge is 2.13. The Morgan fingerprint density at radius 2 is 2.21 bits per heavy atom. The number of methoxy groups -OCH3 is 1. The van der Waals surface area contributed by atoms with Crippen LogP contribution in [-0.4, -0.2) is 35.6 Å². The van der Waals surface area contributed by atoms with Crippen LogP contribution in [0.5, 0.6) is 5.75 Å². The summed E-state index contributed by atoms with van der Waals surface area (Å²) < 4.78 is 18.5. The fraction of sp³-hybridized carbons (Fsp3) is 0.462. The Bertz CT molecular complexity index is 450. The molecule has 0 amide bonds. The normalized spacial score (nSPS) is 12.2. The quantitative estimate of drug-likeness (QED) is 0.357. The lowest BCUT2D eigenvalue weighted by molar-refractivity contribution is 0.238. The molecular formula is C13H20FN3O2. The van der Waals surface area contributed by atoms with Gasteiger partial charge in [-0.2, -0.15) is 0 Å². The maximum Gasteiger partial charge on any atom is 0.165 e. The molecule has 6 heteroatoms. The van der Waals surface area contributed by atoms with E-state index < -0.39 is 5.82 Å². The number of amidine groups is 1. The van der Waals surface area contributed by atoms with Crippen molar-refractivity contribution < 1.29 is 14.3 Å². The van der Waals surface area contributed by atoms with Gasteiger partial charge in [0.25, 0.3) is 0 Å². The number of nitrogens with two attached hydrogens (primary N) is 1. The third kappa shape index (κ3) is 4.40. The molecule has 1 aromatic carbocycles. The summed E-state index contributed by atoms with van der Waals surface area (Å²) in [6.07, 6.45) is 0. The molecule has 0 saturated carbocycles. The predicted molar refractivity (Wildman–Crippen MR) is 71.9 cm³/mol. The van der Waals surface area contributed by atoms with Crippen LogP contribution in [0.1, 0.15) is 19.4 Å². The van der Waals surface area contributed by atoms with E-state index in [9.17, 15) is 4.39 Å². The van der Waals surface area contributed by atoms with E-state index in [2.05, 4.69) is 5.16 Å². The minimum atomic E-state index is -0.396. The van der Waals surface area contributed by atoms with Crippen molar-refractivity contribution in [1.29, 1.82) is 0 Å². The van der Waals surface area contributed by atoms with Gasteiger partial charge in [0.15, 0.2) is 17.4 Å². The molecule has 0 bridgehead atoms. The predicted octanol–water partition coefficient (Wildman–Crippen LogP) is 1.79. The maximum absolute atomic E-state index is 13.6. The Hall–Kier alpha value is -1.82. The highest BCUT2D eigenvalue weighted by molar-refractivity contribution is 5.81. The Morgan fingerprint density at radius 1 is 1.53 bits per heavy atom. The second kappa shape index (κ2) is 6.94. The lowest BCUT2D eigenvalue weighted by Gasteiger charge is -2.25. The third-order valence-corrected chi connectivity index (χ3v) is 2.83. The Labute approximate surface area is 112 Å². The molecule has 0 aliphatic rings. The van der Waals surface area contributed by atoms with Crippen LogP contribution in [0.2, 0.25) is 0 Å². The summed E-state index contributed by atoms with van der Waals surface area (Å²) in [7, 11) is 1.43. The lowest BCUT2D eigenvalue weighted by Crippen LogP contribution is -2.38. The molecule has 106 valence electrons. The van der Waals surface area contributed by atoms with Gasteiger partial charge >= 0.3 is 0 Å².